The van der Waals surface area contributed by atoms with E-state index in [0.717, 1.165) is 48.9 Å². The second-order valence-corrected chi connectivity index (χ2v) is 5.75. The second kappa shape index (κ2) is 10.1. The average molecular weight is 316 g/mol. The van der Waals surface area contributed by atoms with Crippen LogP contribution in [-0.2, 0) is 6.54 Å². The van der Waals surface area contributed by atoms with E-state index in [4.69, 9.17) is 9.26 Å². The Morgan fingerprint density at radius 3 is 2.57 bits per heavy atom. The summed E-state index contributed by atoms with van der Waals surface area (Å²) >= 11 is 0. The monoisotopic (exact) mass is 316 g/mol. The number of rotatable bonds is 11. The van der Waals surface area contributed by atoms with E-state index in [-0.39, 0.29) is 0 Å². The molecule has 0 spiro atoms. The zero-order valence-electron chi connectivity index (χ0n) is 14.3. The summed E-state index contributed by atoms with van der Waals surface area (Å²) in [6.45, 7) is 6.75. The van der Waals surface area contributed by atoms with Crippen LogP contribution < -0.4 is 10.1 Å². The van der Waals surface area contributed by atoms with Gasteiger partial charge in [0.2, 0.25) is 0 Å². The van der Waals surface area contributed by atoms with Crippen LogP contribution in [0.1, 0.15) is 51.6 Å². The third kappa shape index (κ3) is 6.06. The molecule has 0 saturated heterocycles. The van der Waals surface area contributed by atoms with Crippen LogP contribution in [0.3, 0.4) is 0 Å². The van der Waals surface area contributed by atoms with Crippen LogP contribution >= 0.6 is 0 Å². The van der Waals surface area contributed by atoms with Crippen molar-refractivity contribution in [3.63, 3.8) is 0 Å². The van der Waals surface area contributed by atoms with E-state index in [0.29, 0.717) is 0 Å². The van der Waals surface area contributed by atoms with Crippen molar-refractivity contribution in [1.82, 2.24) is 10.5 Å². The van der Waals surface area contributed by atoms with E-state index in [9.17, 15) is 0 Å². The summed E-state index contributed by atoms with van der Waals surface area (Å²) < 4.78 is 11.2. The Morgan fingerprint density at radius 2 is 1.83 bits per heavy atom. The fraction of sp³-hybridized carbons (Fsp3) is 0.526. The average Bonchev–Trinajstić information content (AvgIpc) is 3.05. The van der Waals surface area contributed by atoms with Gasteiger partial charge in [0.15, 0.2) is 5.76 Å². The first-order valence-corrected chi connectivity index (χ1v) is 8.73. The molecule has 0 aliphatic heterocycles. The van der Waals surface area contributed by atoms with E-state index >= 15 is 0 Å². The fourth-order valence-electron chi connectivity index (χ4n) is 2.40. The maximum atomic E-state index is 5.78. The quantitative estimate of drug-likeness (QED) is 0.605. The minimum atomic E-state index is 0.735. The van der Waals surface area contributed by atoms with Gasteiger partial charge in [0.25, 0.3) is 0 Å². The third-order valence-electron chi connectivity index (χ3n) is 3.77. The largest absolute Gasteiger partial charge is 0.494 e. The molecule has 0 aliphatic rings. The Morgan fingerprint density at radius 1 is 1.04 bits per heavy atom. The van der Waals surface area contributed by atoms with Crippen LogP contribution in [0.2, 0.25) is 0 Å². The molecular formula is C19H28N2O2. The SMILES string of the molecule is CCCCCCCOc1ccc(-c2cc(CNCC)no2)cc1. The van der Waals surface area contributed by atoms with E-state index in [1.807, 2.05) is 30.3 Å². The number of benzene rings is 1. The molecule has 23 heavy (non-hydrogen) atoms. The van der Waals surface area contributed by atoms with Gasteiger partial charge in [-0.2, -0.15) is 0 Å². The molecule has 0 saturated carbocycles. The van der Waals surface area contributed by atoms with Crippen molar-refractivity contribution in [3.05, 3.63) is 36.0 Å². The molecule has 4 nitrogen and oxygen atoms in total. The highest BCUT2D eigenvalue weighted by Crippen LogP contribution is 2.23. The number of nitrogens with one attached hydrogen (secondary N) is 1. The van der Waals surface area contributed by atoms with Crippen LogP contribution in [0.15, 0.2) is 34.9 Å². The maximum Gasteiger partial charge on any atom is 0.167 e. The highest BCUT2D eigenvalue weighted by atomic mass is 16.5. The lowest BCUT2D eigenvalue weighted by atomic mass is 10.1. The summed E-state index contributed by atoms with van der Waals surface area (Å²) in [5.41, 5.74) is 1.95. The van der Waals surface area contributed by atoms with Gasteiger partial charge in [-0.05, 0) is 37.2 Å². The molecule has 0 aliphatic carbocycles. The van der Waals surface area contributed by atoms with Crippen LogP contribution in [0.4, 0.5) is 0 Å². The minimum absolute atomic E-state index is 0.735. The summed E-state index contributed by atoms with van der Waals surface area (Å²) in [5, 5.41) is 7.31. The first-order chi connectivity index (χ1) is 11.3. The van der Waals surface area contributed by atoms with Crippen molar-refractivity contribution in [1.29, 1.82) is 0 Å². The van der Waals surface area contributed by atoms with E-state index in [1.54, 1.807) is 0 Å². The molecule has 1 N–H and O–H groups in total. The number of nitrogens with zero attached hydrogens (tertiary/aromatic N) is 1. The summed E-state index contributed by atoms with van der Waals surface area (Å²) in [6.07, 6.45) is 6.28. The van der Waals surface area contributed by atoms with Crippen molar-refractivity contribution in [2.75, 3.05) is 13.2 Å². The normalized spacial score (nSPS) is 10.9. The Bertz CT molecular complexity index is 549. The molecule has 0 radical (unpaired) electrons. The smallest absolute Gasteiger partial charge is 0.167 e. The third-order valence-corrected chi connectivity index (χ3v) is 3.77. The van der Waals surface area contributed by atoms with Gasteiger partial charge in [0.1, 0.15) is 5.75 Å². The number of hydrogen-bond acceptors (Lipinski definition) is 4. The zero-order chi connectivity index (χ0) is 16.3. The van der Waals surface area contributed by atoms with Crippen molar-refractivity contribution >= 4 is 0 Å². The van der Waals surface area contributed by atoms with Crippen LogP contribution in [0.25, 0.3) is 11.3 Å². The Kier molecular flexibility index (Phi) is 7.67. The minimum Gasteiger partial charge on any atom is -0.494 e. The molecule has 0 bridgehead atoms. The highest BCUT2D eigenvalue weighted by Gasteiger charge is 2.06. The molecule has 0 atom stereocenters. The molecule has 4 heteroatoms. The maximum absolute atomic E-state index is 5.78. The van der Waals surface area contributed by atoms with E-state index in [1.165, 1.54) is 25.7 Å². The van der Waals surface area contributed by atoms with Gasteiger partial charge >= 0.3 is 0 Å². The molecule has 126 valence electrons. The molecular weight excluding hydrogens is 288 g/mol. The molecule has 0 amide bonds. The second-order valence-electron chi connectivity index (χ2n) is 5.75. The first kappa shape index (κ1) is 17.5. The van der Waals surface area contributed by atoms with Gasteiger partial charge in [-0.15, -0.1) is 0 Å². The fourth-order valence-corrected chi connectivity index (χ4v) is 2.40. The topological polar surface area (TPSA) is 47.3 Å². The highest BCUT2D eigenvalue weighted by molar-refractivity contribution is 5.58. The predicted molar refractivity (Wildman–Crippen MR) is 93.6 cm³/mol. The van der Waals surface area contributed by atoms with Gasteiger partial charge in [-0.3, -0.25) is 0 Å². The van der Waals surface area contributed by atoms with Crippen LogP contribution in [-0.4, -0.2) is 18.3 Å². The number of unbranched alkanes of at least 4 members (excludes halogenated alkanes) is 4. The molecule has 0 fully saturated rings. The van der Waals surface area contributed by atoms with E-state index < -0.39 is 0 Å². The van der Waals surface area contributed by atoms with Gasteiger partial charge in [0.05, 0.1) is 12.3 Å². The van der Waals surface area contributed by atoms with Crippen LogP contribution in [0.5, 0.6) is 5.75 Å². The Labute approximate surface area is 139 Å². The zero-order valence-corrected chi connectivity index (χ0v) is 14.3. The summed E-state index contributed by atoms with van der Waals surface area (Å²) in [5.74, 6) is 1.71. The van der Waals surface area contributed by atoms with Gasteiger partial charge in [-0.1, -0.05) is 44.7 Å². The van der Waals surface area contributed by atoms with Crippen molar-refractivity contribution in [3.8, 4) is 17.1 Å². The van der Waals surface area contributed by atoms with Crippen molar-refractivity contribution in [2.24, 2.45) is 0 Å². The molecule has 0 unspecified atom stereocenters. The lowest BCUT2D eigenvalue weighted by Crippen LogP contribution is -2.11. The number of hydrogen-bond donors (Lipinski definition) is 1. The Balaban J connectivity index is 1.78. The standard InChI is InChI=1S/C19H28N2O2/c1-3-5-6-7-8-13-22-18-11-9-16(10-12-18)19-14-17(21-23-19)15-20-4-2/h9-12,14,20H,3-8,13,15H2,1-2H3. The molecule has 2 rings (SSSR count). The van der Waals surface area contributed by atoms with Crippen LogP contribution in [0, 0.1) is 0 Å². The van der Waals surface area contributed by atoms with E-state index in [2.05, 4.69) is 24.3 Å². The molecule has 1 aromatic heterocycles. The molecule has 1 aromatic carbocycles. The lowest BCUT2D eigenvalue weighted by Gasteiger charge is -2.06. The van der Waals surface area contributed by atoms with Crippen molar-refractivity contribution < 1.29 is 9.26 Å². The molecule has 2 aromatic rings. The first-order valence-electron chi connectivity index (χ1n) is 8.73. The summed E-state index contributed by atoms with van der Waals surface area (Å²) in [4.78, 5) is 0. The molecule has 1 heterocycles. The number of aromatic nitrogens is 1. The van der Waals surface area contributed by atoms with Gasteiger partial charge in [0, 0.05) is 18.2 Å². The Hall–Kier alpha value is -1.81. The van der Waals surface area contributed by atoms with Gasteiger partial charge in [-0.25, -0.2) is 0 Å². The lowest BCUT2D eigenvalue weighted by molar-refractivity contribution is 0.304. The van der Waals surface area contributed by atoms with Gasteiger partial charge < -0.3 is 14.6 Å². The summed E-state index contributed by atoms with van der Waals surface area (Å²) in [6, 6.07) is 10.0. The summed E-state index contributed by atoms with van der Waals surface area (Å²) in [7, 11) is 0. The van der Waals surface area contributed by atoms with Crippen molar-refractivity contribution in [2.45, 2.75) is 52.5 Å². The predicted octanol–water partition coefficient (Wildman–Crippen LogP) is 4.80. The number of ether oxygens (including phenoxy) is 1.